The Bertz CT molecular complexity index is 518. The summed E-state index contributed by atoms with van der Waals surface area (Å²) in [6.45, 7) is 3.13. The molecule has 6 heteroatoms. The van der Waals surface area contributed by atoms with E-state index >= 15 is 0 Å². The second kappa shape index (κ2) is 7.19. The molecule has 2 atom stereocenters. The zero-order valence-electron chi connectivity index (χ0n) is 12.2. The van der Waals surface area contributed by atoms with Crippen LogP contribution in [0, 0.1) is 0 Å². The second-order valence-corrected chi connectivity index (χ2v) is 4.95. The molecule has 21 heavy (non-hydrogen) atoms. The molecule has 1 heterocycles. The number of rotatable bonds is 4. The lowest BCUT2D eigenvalue weighted by Crippen LogP contribution is -2.53. The van der Waals surface area contributed by atoms with E-state index in [1.165, 1.54) is 7.11 Å². The van der Waals surface area contributed by atoms with Crippen molar-refractivity contribution >= 4 is 17.6 Å². The molecule has 0 unspecified atom stereocenters. The SMILES string of the molecule is COC(=O)Cc1cccc(NC(=O)[C@H]2NCCO[C@@H]2C)c1. The van der Waals surface area contributed by atoms with Crippen molar-refractivity contribution in [2.24, 2.45) is 0 Å². The van der Waals surface area contributed by atoms with Crippen LogP contribution in [0.4, 0.5) is 5.69 Å². The predicted octanol–water partition coefficient (Wildman–Crippen LogP) is 0.717. The van der Waals surface area contributed by atoms with Crippen LogP contribution < -0.4 is 10.6 Å². The van der Waals surface area contributed by atoms with Crippen LogP contribution >= 0.6 is 0 Å². The number of nitrogens with one attached hydrogen (secondary N) is 2. The zero-order valence-corrected chi connectivity index (χ0v) is 12.2. The molecule has 0 aromatic heterocycles. The molecule has 0 aliphatic carbocycles. The minimum absolute atomic E-state index is 0.141. The molecule has 2 N–H and O–H groups in total. The van der Waals surface area contributed by atoms with Crippen molar-refractivity contribution in [2.75, 3.05) is 25.6 Å². The van der Waals surface area contributed by atoms with E-state index in [9.17, 15) is 9.59 Å². The van der Waals surface area contributed by atoms with E-state index < -0.39 is 0 Å². The molecule has 1 amide bonds. The number of methoxy groups -OCH3 is 1. The van der Waals surface area contributed by atoms with Gasteiger partial charge in [-0.15, -0.1) is 0 Å². The van der Waals surface area contributed by atoms with Crippen molar-refractivity contribution in [3.05, 3.63) is 29.8 Å². The molecule has 1 fully saturated rings. The molecule has 114 valence electrons. The van der Waals surface area contributed by atoms with Crippen molar-refractivity contribution in [3.63, 3.8) is 0 Å². The summed E-state index contributed by atoms with van der Waals surface area (Å²) in [6.07, 6.45) is 0.0125. The first-order valence-electron chi connectivity index (χ1n) is 6.92. The summed E-state index contributed by atoms with van der Waals surface area (Å²) in [5.41, 5.74) is 1.45. The van der Waals surface area contributed by atoms with Gasteiger partial charge in [0, 0.05) is 12.2 Å². The highest BCUT2D eigenvalue weighted by Gasteiger charge is 2.28. The fraction of sp³-hybridized carbons (Fsp3) is 0.467. The first-order valence-corrected chi connectivity index (χ1v) is 6.92. The molecule has 0 bridgehead atoms. The maximum Gasteiger partial charge on any atom is 0.309 e. The molecule has 6 nitrogen and oxygen atoms in total. The quantitative estimate of drug-likeness (QED) is 0.800. The Labute approximate surface area is 123 Å². The van der Waals surface area contributed by atoms with E-state index in [0.29, 0.717) is 18.8 Å². The summed E-state index contributed by atoms with van der Waals surface area (Å²) in [7, 11) is 1.35. The van der Waals surface area contributed by atoms with Gasteiger partial charge in [-0.3, -0.25) is 9.59 Å². The maximum atomic E-state index is 12.2. The van der Waals surface area contributed by atoms with Gasteiger partial charge < -0.3 is 20.1 Å². The highest BCUT2D eigenvalue weighted by atomic mass is 16.5. The number of benzene rings is 1. The minimum atomic E-state index is -0.372. The van der Waals surface area contributed by atoms with Crippen LogP contribution in [0.2, 0.25) is 0 Å². The summed E-state index contributed by atoms with van der Waals surface area (Å²) in [6, 6.07) is 6.79. The Balaban J connectivity index is 2.00. The molecule has 1 aliphatic heterocycles. The number of hydrogen-bond acceptors (Lipinski definition) is 5. The largest absolute Gasteiger partial charge is 0.469 e. The van der Waals surface area contributed by atoms with E-state index in [1.807, 2.05) is 13.0 Å². The first-order chi connectivity index (χ1) is 10.1. The van der Waals surface area contributed by atoms with Crippen LogP contribution in [0.15, 0.2) is 24.3 Å². The Hall–Kier alpha value is -1.92. The van der Waals surface area contributed by atoms with Crippen LogP contribution in [0.5, 0.6) is 0 Å². The highest BCUT2D eigenvalue weighted by Crippen LogP contribution is 2.13. The zero-order chi connectivity index (χ0) is 15.2. The molecule has 0 spiro atoms. The van der Waals surface area contributed by atoms with Gasteiger partial charge >= 0.3 is 5.97 Å². The summed E-state index contributed by atoms with van der Waals surface area (Å²) in [5, 5.41) is 5.97. The van der Waals surface area contributed by atoms with Gasteiger partial charge in [-0.1, -0.05) is 12.1 Å². The van der Waals surface area contributed by atoms with Crippen molar-refractivity contribution in [1.29, 1.82) is 0 Å². The van der Waals surface area contributed by atoms with Gasteiger partial charge in [0.05, 0.1) is 26.2 Å². The van der Waals surface area contributed by atoms with E-state index in [1.54, 1.807) is 18.2 Å². The van der Waals surface area contributed by atoms with Gasteiger partial charge in [-0.25, -0.2) is 0 Å². The minimum Gasteiger partial charge on any atom is -0.469 e. The van der Waals surface area contributed by atoms with Crippen LogP contribution in [0.1, 0.15) is 12.5 Å². The van der Waals surface area contributed by atoms with E-state index in [2.05, 4.69) is 15.4 Å². The van der Waals surface area contributed by atoms with Crippen molar-refractivity contribution in [3.8, 4) is 0 Å². The molecule has 1 saturated heterocycles. The smallest absolute Gasteiger partial charge is 0.309 e. The number of carbonyl (C=O) groups excluding carboxylic acids is 2. The van der Waals surface area contributed by atoms with Crippen LogP contribution in [-0.4, -0.2) is 44.3 Å². The van der Waals surface area contributed by atoms with E-state index in [0.717, 1.165) is 5.56 Å². The summed E-state index contributed by atoms with van der Waals surface area (Å²) in [5.74, 6) is -0.452. The van der Waals surface area contributed by atoms with Crippen LogP contribution in [0.25, 0.3) is 0 Å². The fourth-order valence-electron chi connectivity index (χ4n) is 2.25. The Morgan fingerprint density at radius 2 is 2.29 bits per heavy atom. The molecular formula is C15H20N2O4. The van der Waals surface area contributed by atoms with Crippen molar-refractivity contribution < 1.29 is 19.1 Å². The lowest BCUT2D eigenvalue weighted by molar-refractivity contribution is -0.139. The second-order valence-electron chi connectivity index (χ2n) is 4.95. The maximum absolute atomic E-state index is 12.2. The lowest BCUT2D eigenvalue weighted by atomic mass is 10.1. The van der Waals surface area contributed by atoms with Gasteiger partial charge in [-0.05, 0) is 24.6 Å². The number of amides is 1. The van der Waals surface area contributed by atoms with Gasteiger partial charge in [0.25, 0.3) is 0 Å². The van der Waals surface area contributed by atoms with E-state index in [-0.39, 0.29) is 30.4 Å². The normalized spacial score (nSPS) is 21.6. The molecular weight excluding hydrogens is 272 g/mol. The molecule has 2 rings (SSSR count). The molecule has 0 saturated carbocycles. The molecule has 0 radical (unpaired) electrons. The number of esters is 1. The van der Waals surface area contributed by atoms with Gasteiger partial charge in [0.1, 0.15) is 6.04 Å². The molecule has 1 aliphatic rings. The van der Waals surface area contributed by atoms with Crippen LogP contribution in [0.3, 0.4) is 0 Å². The van der Waals surface area contributed by atoms with Crippen LogP contribution in [-0.2, 0) is 25.5 Å². The third kappa shape index (κ3) is 4.27. The lowest BCUT2D eigenvalue weighted by Gasteiger charge is -2.29. The fourth-order valence-corrected chi connectivity index (χ4v) is 2.25. The number of morpholine rings is 1. The summed E-state index contributed by atoms with van der Waals surface area (Å²) >= 11 is 0. The third-order valence-corrected chi connectivity index (χ3v) is 3.37. The highest BCUT2D eigenvalue weighted by molar-refractivity contribution is 5.95. The standard InChI is InChI=1S/C15H20N2O4/c1-10-14(16-6-7-21-10)15(19)17-12-5-3-4-11(8-12)9-13(18)20-2/h3-5,8,10,14,16H,6-7,9H2,1-2H3,(H,17,19)/t10-,14+/m1/s1. The number of carbonyl (C=O) groups is 2. The van der Waals surface area contributed by atoms with Crippen molar-refractivity contribution in [1.82, 2.24) is 5.32 Å². The number of hydrogen-bond donors (Lipinski definition) is 2. The Morgan fingerprint density at radius 3 is 3.00 bits per heavy atom. The third-order valence-electron chi connectivity index (χ3n) is 3.37. The number of anilines is 1. The van der Waals surface area contributed by atoms with Gasteiger partial charge in [0.15, 0.2) is 0 Å². The summed E-state index contributed by atoms with van der Waals surface area (Å²) < 4.78 is 10.1. The molecule has 1 aromatic carbocycles. The summed E-state index contributed by atoms with van der Waals surface area (Å²) in [4.78, 5) is 23.5. The van der Waals surface area contributed by atoms with Gasteiger partial charge in [0.2, 0.25) is 5.91 Å². The molecule has 1 aromatic rings. The number of ether oxygens (including phenoxy) is 2. The van der Waals surface area contributed by atoms with E-state index in [4.69, 9.17) is 4.74 Å². The Kier molecular flexibility index (Phi) is 5.30. The monoisotopic (exact) mass is 292 g/mol. The van der Waals surface area contributed by atoms with Gasteiger partial charge in [-0.2, -0.15) is 0 Å². The Morgan fingerprint density at radius 1 is 1.48 bits per heavy atom. The predicted molar refractivity (Wildman–Crippen MR) is 78.0 cm³/mol. The first kappa shape index (κ1) is 15.5. The topological polar surface area (TPSA) is 76.7 Å². The average Bonchev–Trinajstić information content (AvgIpc) is 2.47. The average molecular weight is 292 g/mol. The van der Waals surface area contributed by atoms with Crippen molar-refractivity contribution in [2.45, 2.75) is 25.5 Å².